The summed E-state index contributed by atoms with van der Waals surface area (Å²) < 4.78 is 5.13. The lowest BCUT2D eigenvalue weighted by Gasteiger charge is -2.39. The molecular formula is C13H12O5. The Bertz CT molecular complexity index is 550. The molecule has 1 aromatic carbocycles. The number of carbonyl (C=O) groups is 1. The van der Waals surface area contributed by atoms with Gasteiger partial charge >= 0.3 is 5.97 Å². The number of phenols is 1. The van der Waals surface area contributed by atoms with Crippen molar-refractivity contribution in [3.8, 4) is 5.75 Å². The predicted molar refractivity (Wildman–Crippen MR) is 60.6 cm³/mol. The van der Waals surface area contributed by atoms with Gasteiger partial charge in [-0.3, -0.25) is 0 Å². The lowest BCUT2D eigenvalue weighted by molar-refractivity contribution is -0.161. The second kappa shape index (κ2) is 3.57. The number of ether oxygens (including phenoxy) is 1. The summed E-state index contributed by atoms with van der Waals surface area (Å²) in [6.07, 6.45) is 0.659. The summed E-state index contributed by atoms with van der Waals surface area (Å²) in [5.74, 6) is -0.605. The van der Waals surface area contributed by atoms with Gasteiger partial charge in [-0.15, -0.1) is 0 Å². The zero-order valence-electron chi connectivity index (χ0n) is 9.41. The summed E-state index contributed by atoms with van der Waals surface area (Å²) in [5.41, 5.74) is -0.544. The van der Waals surface area contributed by atoms with E-state index in [9.17, 15) is 20.1 Å². The fourth-order valence-corrected chi connectivity index (χ4v) is 2.67. The predicted octanol–water partition coefficient (Wildman–Crippen LogP) is 0.714. The molecule has 3 atom stereocenters. The third-order valence-electron chi connectivity index (χ3n) is 3.51. The van der Waals surface area contributed by atoms with Crippen molar-refractivity contribution in [2.24, 2.45) is 0 Å². The Labute approximate surface area is 103 Å². The Hall–Kier alpha value is -1.85. The number of hydrogen-bond donors (Lipinski definition) is 3. The zero-order valence-corrected chi connectivity index (χ0v) is 9.41. The Morgan fingerprint density at radius 1 is 1.33 bits per heavy atom. The molecule has 0 radical (unpaired) electrons. The Morgan fingerprint density at radius 2 is 2.11 bits per heavy atom. The number of phenolic OH excluding ortho intramolecular Hbond substituents is 1. The van der Waals surface area contributed by atoms with Crippen molar-refractivity contribution < 1.29 is 24.9 Å². The highest BCUT2D eigenvalue weighted by atomic mass is 16.6. The molecule has 18 heavy (non-hydrogen) atoms. The van der Waals surface area contributed by atoms with Crippen LogP contribution in [0.3, 0.4) is 0 Å². The molecule has 0 amide bonds. The van der Waals surface area contributed by atoms with Crippen LogP contribution >= 0.6 is 0 Å². The second-order valence-electron chi connectivity index (χ2n) is 4.61. The molecule has 1 spiro atoms. The molecule has 1 aliphatic heterocycles. The third kappa shape index (κ3) is 1.38. The Balaban J connectivity index is 2.13. The van der Waals surface area contributed by atoms with Crippen LogP contribution in [-0.2, 0) is 9.53 Å². The van der Waals surface area contributed by atoms with E-state index in [0.717, 1.165) is 0 Å². The normalized spacial score (nSPS) is 33.6. The molecule has 3 rings (SSSR count). The molecule has 0 saturated carbocycles. The quantitative estimate of drug-likeness (QED) is 0.589. The van der Waals surface area contributed by atoms with Crippen molar-refractivity contribution in [1.29, 1.82) is 0 Å². The van der Waals surface area contributed by atoms with Crippen LogP contribution in [0.25, 0.3) is 0 Å². The number of aromatic hydroxyl groups is 1. The highest BCUT2D eigenvalue weighted by molar-refractivity contribution is 5.85. The SMILES string of the molecule is O=C1C=C[C@@]2(C[C@H](O)c3c(O)cccc3[C@H]2O)O1. The molecular weight excluding hydrogens is 236 g/mol. The van der Waals surface area contributed by atoms with Crippen LogP contribution in [0.2, 0.25) is 0 Å². The molecule has 94 valence electrons. The maximum Gasteiger partial charge on any atom is 0.331 e. The maximum absolute atomic E-state index is 11.2. The van der Waals surface area contributed by atoms with Gasteiger partial charge in [-0.25, -0.2) is 4.79 Å². The van der Waals surface area contributed by atoms with Crippen molar-refractivity contribution >= 4 is 5.97 Å². The molecule has 0 saturated heterocycles. The molecule has 3 N–H and O–H groups in total. The van der Waals surface area contributed by atoms with Crippen molar-refractivity contribution in [2.75, 3.05) is 0 Å². The summed E-state index contributed by atoms with van der Waals surface area (Å²) in [7, 11) is 0. The molecule has 0 unspecified atom stereocenters. The number of hydrogen-bond acceptors (Lipinski definition) is 5. The van der Waals surface area contributed by atoms with Crippen molar-refractivity contribution in [3.05, 3.63) is 41.5 Å². The highest BCUT2D eigenvalue weighted by Crippen LogP contribution is 2.49. The fraction of sp³-hybridized carbons (Fsp3) is 0.308. The average Bonchev–Trinajstić information content (AvgIpc) is 2.68. The van der Waals surface area contributed by atoms with Gasteiger partial charge < -0.3 is 20.1 Å². The highest BCUT2D eigenvalue weighted by Gasteiger charge is 2.50. The first-order valence-electron chi connectivity index (χ1n) is 5.63. The molecule has 5 heteroatoms. The van der Waals surface area contributed by atoms with Gasteiger partial charge in [-0.1, -0.05) is 12.1 Å². The molecule has 1 aliphatic carbocycles. The fourth-order valence-electron chi connectivity index (χ4n) is 2.67. The first-order chi connectivity index (χ1) is 8.53. The summed E-state index contributed by atoms with van der Waals surface area (Å²) in [6, 6.07) is 4.62. The first-order valence-corrected chi connectivity index (χ1v) is 5.63. The Morgan fingerprint density at radius 3 is 2.78 bits per heavy atom. The van der Waals surface area contributed by atoms with Gasteiger partial charge in [0.2, 0.25) is 0 Å². The van der Waals surface area contributed by atoms with Crippen molar-refractivity contribution in [1.82, 2.24) is 0 Å². The lowest BCUT2D eigenvalue weighted by Crippen LogP contribution is -2.41. The van der Waals surface area contributed by atoms with Crippen LogP contribution in [0.1, 0.15) is 29.8 Å². The van der Waals surface area contributed by atoms with Gasteiger partial charge in [-0.05, 0) is 17.7 Å². The average molecular weight is 248 g/mol. The van der Waals surface area contributed by atoms with Crippen LogP contribution in [0, 0.1) is 0 Å². The minimum Gasteiger partial charge on any atom is -0.508 e. The van der Waals surface area contributed by atoms with Crippen LogP contribution in [0.15, 0.2) is 30.4 Å². The van der Waals surface area contributed by atoms with E-state index in [1.54, 1.807) is 12.1 Å². The van der Waals surface area contributed by atoms with Crippen LogP contribution < -0.4 is 0 Å². The number of aliphatic hydroxyl groups excluding tert-OH is 2. The Kier molecular flexibility index (Phi) is 2.23. The summed E-state index contributed by atoms with van der Waals surface area (Å²) in [4.78, 5) is 11.2. The minimum atomic E-state index is -1.22. The van der Waals surface area contributed by atoms with E-state index in [1.165, 1.54) is 18.2 Å². The number of carbonyl (C=O) groups excluding carboxylic acids is 1. The number of fused-ring (bicyclic) bond motifs is 1. The van der Waals surface area contributed by atoms with Gasteiger partial charge in [0.05, 0.1) is 6.10 Å². The zero-order chi connectivity index (χ0) is 12.9. The van der Waals surface area contributed by atoms with Gasteiger partial charge in [-0.2, -0.15) is 0 Å². The molecule has 0 aromatic heterocycles. The smallest absolute Gasteiger partial charge is 0.331 e. The van der Waals surface area contributed by atoms with Gasteiger partial charge in [0.1, 0.15) is 11.9 Å². The van der Waals surface area contributed by atoms with Gasteiger partial charge in [0.15, 0.2) is 5.60 Å². The standard InChI is InChI=1S/C13H12O5/c14-8-3-1-2-7-11(8)9(15)6-13(12(7)17)5-4-10(16)18-13/h1-5,9,12,14-15,17H,6H2/t9-,12+,13-/m0/s1. The number of benzene rings is 1. The van der Waals surface area contributed by atoms with E-state index >= 15 is 0 Å². The largest absolute Gasteiger partial charge is 0.508 e. The second-order valence-corrected chi connectivity index (χ2v) is 4.61. The topological polar surface area (TPSA) is 87.0 Å². The molecule has 0 bridgehead atoms. The van der Waals surface area contributed by atoms with Crippen molar-refractivity contribution in [2.45, 2.75) is 24.2 Å². The molecule has 1 aromatic rings. The lowest BCUT2D eigenvalue weighted by atomic mass is 9.76. The summed E-state index contributed by atoms with van der Waals surface area (Å²) >= 11 is 0. The van der Waals surface area contributed by atoms with Gasteiger partial charge in [0, 0.05) is 18.1 Å². The summed E-state index contributed by atoms with van der Waals surface area (Å²) in [5, 5.41) is 30.1. The molecule has 1 heterocycles. The maximum atomic E-state index is 11.2. The van der Waals surface area contributed by atoms with Crippen LogP contribution in [-0.4, -0.2) is 26.9 Å². The van der Waals surface area contributed by atoms with E-state index < -0.39 is 23.8 Å². The van der Waals surface area contributed by atoms with Crippen molar-refractivity contribution in [3.63, 3.8) is 0 Å². The first kappa shape index (κ1) is 11.3. The van der Waals surface area contributed by atoms with Crippen LogP contribution in [0.5, 0.6) is 5.75 Å². The van der Waals surface area contributed by atoms with Gasteiger partial charge in [0.25, 0.3) is 0 Å². The molecule has 0 fully saturated rings. The third-order valence-corrected chi connectivity index (χ3v) is 3.51. The number of rotatable bonds is 0. The number of esters is 1. The van der Waals surface area contributed by atoms with E-state index in [-0.39, 0.29) is 12.2 Å². The molecule has 2 aliphatic rings. The van der Waals surface area contributed by atoms with E-state index in [1.807, 2.05) is 0 Å². The van der Waals surface area contributed by atoms with E-state index in [4.69, 9.17) is 4.74 Å². The van der Waals surface area contributed by atoms with E-state index in [0.29, 0.717) is 11.1 Å². The van der Waals surface area contributed by atoms with E-state index in [2.05, 4.69) is 0 Å². The minimum absolute atomic E-state index is 0.0288. The monoisotopic (exact) mass is 248 g/mol. The number of aliphatic hydroxyl groups is 2. The molecule has 5 nitrogen and oxygen atoms in total. The van der Waals surface area contributed by atoms with Crippen LogP contribution in [0.4, 0.5) is 0 Å². The summed E-state index contributed by atoms with van der Waals surface area (Å²) in [6.45, 7) is 0.